The van der Waals surface area contributed by atoms with Crippen molar-refractivity contribution in [2.45, 2.75) is 26.7 Å². The van der Waals surface area contributed by atoms with Crippen molar-refractivity contribution in [1.29, 1.82) is 0 Å². The number of carbonyl (C=O) groups is 1. The second-order valence-corrected chi connectivity index (χ2v) is 7.84. The van der Waals surface area contributed by atoms with Gasteiger partial charge in [-0.1, -0.05) is 13.3 Å². The molecule has 1 saturated heterocycles. The van der Waals surface area contributed by atoms with Crippen molar-refractivity contribution >= 4 is 27.5 Å². The zero-order chi connectivity index (χ0) is 18.3. The van der Waals surface area contributed by atoms with E-state index >= 15 is 0 Å². The van der Waals surface area contributed by atoms with Gasteiger partial charge in [-0.25, -0.2) is 13.2 Å². The van der Waals surface area contributed by atoms with E-state index in [2.05, 4.69) is 9.62 Å². The van der Waals surface area contributed by atoms with Gasteiger partial charge in [0.25, 0.3) is 0 Å². The topological polar surface area (TPSA) is 79.0 Å². The largest absolute Gasteiger partial charge is 0.450 e. The second kappa shape index (κ2) is 8.94. The molecule has 8 heteroatoms. The van der Waals surface area contributed by atoms with Crippen molar-refractivity contribution in [1.82, 2.24) is 4.90 Å². The van der Waals surface area contributed by atoms with Crippen molar-refractivity contribution in [3.8, 4) is 0 Å². The van der Waals surface area contributed by atoms with Crippen LogP contribution in [0.3, 0.4) is 0 Å². The van der Waals surface area contributed by atoms with Crippen LogP contribution in [0.2, 0.25) is 0 Å². The Morgan fingerprint density at radius 2 is 1.76 bits per heavy atom. The Balaban J connectivity index is 1.90. The monoisotopic (exact) mass is 369 g/mol. The first-order valence-electron chi connectivity index (χ1n) is 8.72. The van der Waals surface area contributed by atoms with E-state index in [4.69, 9.17) is 4.74 Å². The second-order valence-electron chi connectivity index (χ2n) is 5.99. The molecule has 1 aromatic rings. The number of ether oxygens (including phenoxy) is 1. The van der Waals surface area contributed by atoms with Gasteiger partial charge in [-0.2, -0.15) is 0 Å². The molecule has 1 amide bonds. The van der Waals surface area contributed by atoms with Crippen molar-refractivity contribution in [3.05, 3.63) is 24.3 Å². The van der Waals surface area contributed by atoms with Gasteiger partial charge in [0.15, 0.2) is 0 Å². The number of unbranched alkanes of at least 4 members (excludes halogenated alkanes) is 1. The zero-order valence-electron chi connectivity index (χ0n) is 14.9. The lowest BCUT2D eigenvalue weighted by Crippen LogP contribution is -2.49. The molecule has 1 aromatic carbocycles. The first-order chi connectivity index (χ1) is 11.9. The van der Waals surface area contributed by atoms with Crippen LogP contribution in [0, 0.1) is 0 Å². The molecule has 0 bridgehead atoms. The number of benzene rings is 1. The minimum atomic E-state index is -3.28. The van der Waals surface area contributed by atoms with Crippen LogP contribution in [0.1, 0.15) is 26.7 Å². The highest BCUT2D eigenvalue weighted by molar-refractivity contribution is 7.92. The minimum absolute atomic E-state index is 0.140. The highest BCUT2D eigenvalue weighted by atomic mass is 32.2. The average molecular weight is 369 g/mol. The van der Waals surface area contributed by atoms with Gasteiger partial charge in [0.2, 0.25) is 10.0 Å². The molecular formula is C17H27N3O4S. The quantitative estimate of drug-likeness (QED) is 0.799. The van der Waals surface area contributed by atoms with E-state index in [0.717, 1.165) is 25.2 Å². The van der Waals surface area contributed by atoms with Gasteiger partial charge in [0.05, 0.1) is 12.4 Å². The van der Waals surface area contributed by atoms with Crippen LogP contribution in [0.5, 0.6) is 0 Å². The van der Waals surface area contributed by atoms with E-state index in [9.17, 15) is 13.2 Å². The summed E-state index contributed by atoms with van der Waals surface area (Å²) in [4.78, 5) is 15.6. The fourth-order valence-electron chi connectivity index (χ4n) is 2.67. The number of nitrogens with zero attached hydrogens (tertiary/aromatic N) is 2. The maximum Gasteiger partial charge on any atom is 0.409 e. The van der Waals surface area contributed by atoms with Gasteiger partial charge >= 0.3 is 6.09 Å². The molecular weight excluding hydrogens is 342 g/mol. The molecule has 0 unspecified atom stereocenters. The summed E-state index contributed by atoms with van der Waals surface area (Å²) >= 11 is 0. The molecule has 0 atom stereocenters. The molecule has 0 aromatic heterocycles. The van der Waals surface area contributed by atoms with E-state index in [1.54, 1.807) is 24.0 Å². The molecule has 140 valence electrons. The fraction of sp³-hybridized carbons (Fsp3) is 0.588. The zero-order valence-corrected chi connectivity index (χ0v) is 15.7. The molecule has 1 fully saturated rings. The predicted molar refractivity (Wildman–Crippen MR) is 99.6 cm³/mol. The summed E-state index contributed by atoms with van der Waals surface area (Å²) < 4.78 is 31.5. The molecule has 1 aliphatic heterocycles. The predicted octanol–water partition coefficient (Wildman–Crippen LogP) is 2.51. The number of carbonyl (C=O) groups excluding carboxylic acids is 1. The number of amides is 1. The lowest BCUT2D eigenvalue weighted by molar-refractivity contribution is 0.105. The van der Waals surface area contributed by atoms with Crippen LogP contribution in [-0.2, 0) is 14.8 Å². The summed E-state index contributed by atoms with van der Waals surface area (Å²) in [7, 11) is -3.28. The number of hydrogen-bond acceptors (Lipinski definition) is 5. The summed E-state index contributed by atoms with van der Waals surface area (Å²) in [5.74, 6) is 0.140. The van der Waals surface area contributed by atoms with Crippen LogP contribution in [0.15, 0.2) is 24.3 Å². The number of nitrogens with one attached hydrogen (secondary N) is 1. The molecule has 7 nitrogen and oxygen atoms in total. The lowest BCUT2D eigenvalue weighted by atomic mass is 10.2. The molecule has 25 heavy (non-hydrogen) atoms. The van der Waals surface area contributed by atoms with Gasteiger partial charge in [0, 0.05) is 37.6 Å². The van der Waals surface area contributed by atoms with E-state index in [-0.39, 0.29) is 11.8 Å². The third-order valence-electron chi connectivity index (χ3n) is 4.08. The normalized spacial score (nSPS) is 15.1. The van der Waals surface area contributed by atoms with Crippen LogP contribution in [-0.4, -0.2) is 57.9 Å². The summed E-state index contributed by atoms with van der Waals surface area (Å²) in [5, 5.41) is 0. The Kier molecular flexibility index (Phi) is 6.92. The van der Waals surface area contributed by atoms with E-state index in [1.165, 1.54) is 0 Å². The van der Waals surface area contributed by atoms with E-state index in [1.807, 2.05) is 19.1 Å². The molecule has 1 N–H and O–H groups in total. The van der Waals surface area contributed by atoms with Crippen molar-refractivity contribution in [2.24, 2.45) is 0 Å². The van der Waals surface area contributed by atoms with Crippen LogP contribution in [0.4, 0.5) is 16.2 Å². The first-order valence-corrected chi connectivity index (χ1v) is 10.4. The average Bonchev–Trinajstić information content (AvgIpc) is 2.61. The third kappa shape index (κ3) is 5.81. The highest BCUT2D eigenvalue weighted by Crippen LogP contribution is 2.20. The third-order valence-corrected chi connectivity index (χ3v) is 5.45. The number of anilines is 2. The van der Waals surface area contributed by atoms with E-state index in [0.29, 0.717) is 31.8 Å². The number of sulfonamides is 1. The smallest absolute Gasteiger partial charge is 0.409 e. The number of hydrogen-bond donors (Lipinski definition) is 1. The Morgan fingerprint density at radius 3 is 2.32 bits per heavy atom. The fourth-order valence-corrected chi connectivity index (χ4v) is 3.93. The number of rotatable bonds is 7. The summed E-state index contributed by atoms with van der Waals surface area (Å²) in [5.41, 5.74) is 1.59. The molecule has 0 aliphatic carbocycles. The molecule has 0 radical (unpaired) electrons. The van der Waals surface area contributed by atoms with Crippen molar-refractivity contribution in [2.75, 3.05) is 48.2 Å². The van der Waals surface area contributed by atoms with Gasteiger partial charge < -0.3 is 14.5 Å². The van der Waals surface area contributed by atoms with Gasteiger partial charge in [-0.15, -0.1) is 0 Å². The van der Waals surface area contributed by atoms with Crippen molar-refractivity contribution in [3.63, 3.8) is 0 Å². The molecule has 2 rings (SSSR count). The van der Waals surface area contributed by atoms with Crippen LogP contribution < -0.4 is 9.62 Å². The Hall–Kier alpha value is -1.96. The molecule has 0 spiro atoms. The summed E-state index contributed by atoms with van der Waals surface area (Å²) in [6, 6.07) is 7.35. The SMILES string of the molecule is CCCCS(=O)(=O)Nc1ccc(N2CCN(C(=O)OCC)CC2)cc1. The maximum absolute atomic E-state index is 11.9. The molecule has 1 heterocycles. The minimum Gasteiger partial charge on any atom is -0.450 e. The lowest BCUT2D eigenvalue weighted by Gasteiger charge is -2.35. The Bertz CT molecular complexity index is 653. The van der Waals surface area contributed by atoms with Gasteiger partial charge in [-0.3, -0.25) is 4.72 Å². The maximum atomic E-state index is 11.9. The van der Waals surface area contributed by atoms with Crippen molar-refractivity contribution < 1.29 is 17.9 Å². The van der Waals surface area contributed by atoms with Gasteiger partial charge in [0.1, 0.15) is 0 Å². The standard InChI is InChI=1S/C17H27N3O4S/c1-3-5-14-25(22,23)18-15-6-8-16(9-7-15)19-10-12-20(13-11-19)17(21)24-4-2/h6-9,18H,3-5,10-14H2,1-2H3. The van der Waals surface area contributed by atoms with Crippen LogP contribution in [0.25, 0.3) is 0 Å². The summed E-state index contributed by atoms with van der Waals surface area (Å²) in [6.07, 6.45) is 1.23. The van der Waals surface area contributed by atoms with Gasteiger partial charge in [-0.05, 0) is 37.6 Å². The van der Waals surface area contributed by atoms with E-state index < -0.39 is 10.0 Å². The Labute approximate surface area is 150 Å². The summed E-state index contributed by atoms with van der Waals surface area (Å²) in [6.45, 7) is 6.82. The molecule has 1 aliphatic rings. The first kappa shape index (κ1) is 19.4. The Morgan fingerprint density at radius 1 is 1.12 bits per heavy atom. The number of piperazine rings is 1. The molecule has 0 saturated carbocycles. The highest BCUT2D eigenvalue weighted by Gasteiger charge is 2.22. The van der Waals surface area contributed by atoms with Crippen LogP contribution >= 0.6 is 0 Å².